The van der Waals surface area contributed by atoms with Crippen LogP contribution in [-0.4, -0.2) is 92.5 Å². The smallest absolute Gasteiger partial charge is 0.293 e. The van der Waals surface area contributed by atoms with Crippen LogP contribution >= 0.6 is 11.6 Å². The van der Waals surface area contributed by atoms with E-state index in [0.717, 1.165) is 90.4 Å². The maximum absolute atomic E-state index is 14.0. The van der Waals surface area contributed by atoms with Gasteiger partial charge in [-0.05, 0) is 126 Å². The van der Waals surface area contributed by atoms with Gasteiger partial charge in [0.25, 0.3) is 21.6 Å². The lowest BCUT2D eigenvalue weighted by atomic mass is 9.81. The maximum atomic E-state index is 14.0. The number of hydrogen-bond donors (Lipinski definition) is 4. The molecular weight excluding hydrogens is 908 g/mol. The number of hydrogen-bond acceptors (Lipinski definition) is 12. The van der Waals surface area contributed by atoms with Crippen molar-refractivity contribution in [1.82, 2.24) is 19.6 Å². The van der Waals surface area contributed by atoms with Crippen molar-refractivity contribution in [2.24, 2.45) is 5.92 Å². The molecule has 2 aliphatic heterocycles. The molecule has 0 unspecified atom stereocenters. The summed E-state index contributed by atoms with van der Waals surface area (Å²) in [6, 6.07) is 26.0. The van der Waals surface area contributed by atoms with Gasteiger partial charge < -0.3 is 30.0 Å². The van der Waals surface area contributed by atoms with E-state index >= 15 is 0 Å². The number of pyridine rings is 1. The number of fused-ring (bicyclic) bond motifs is 2. The number of rotatable bonds is 15. The van der Waals surface area contributed by atoms with Crippen LogP contribution in [0.2, 0.25) is 5.02 Å². The van der Waals surface area contributed by atoms with Crippen LogP contribution in [-0.2, 0) is 26.0 Å². The van der Waals surface area contributed by atoms with E-state index in [0.29, 0.717) is 49.3 Å². The summed E-state index contributed by atoms with van der Waals surface area (Å²) in [7, 11) is -4.59. The van der Waals surface area contributed by atoms with Crippen LogP contribution in [0.4, 0.5) is 22.7 Å². The zero-order valence-electron chi connectivity index (χ0n) is 37.0. The minimum Gasteiger partial charge on any atom is -0.455 e. The Morgan fingerprint density at radius 3 is 2.53 bits per heavy atom. The van der Waals surface area contributed by atoms with Crippen molar-refractivity contribution in [2.75, 3.05) is 68.0 Å². The van der Waals surface area contributed by atoms with Crippen molar-refractivity contribution in [3.05, 3.63) is 159 Å². The van der Waals surface area contributed by atoms with Crippen LogP contribution in [0, 0.1) is 16.0 Å². The van der Waals surface area contributed by atoms with Gasteiger partial charge in [-0.2, -0.15) is 0 Å². The fourth-order valence-corrected chi connectivity index (χ4v) is 10.1. The number of nitro benzene ring substituents is 1. The van der Waals surface area contributed by atoms with Crippen LogP contribution in [0.25, 0.3) is 16.6 Å². The third kappa shape index (κ3) is 10.4. The van der Waals surface area contributed by atoms with Gasteiger partial charge in [0.2, 0.25) is 5.91 Å². The number of piperazine rings is 1. The van der Waals surface area contributed by atoms with Crippen LogP contribution in [0.3, 0.4) is 0 Å². The van der Waals surface area contributed by atoms with Crippen molar-refractivity contribution in [3.63, 3.8) is 0 Å². The van der Waals surface area contributed by atoms with E-state index in [4.69, 9.17) is 21.1 Å². The molecule has 2 saturated heterocycles. The number of carbonyl (C=O) groups is 2. The van der Waals surface area contributed by atoms with E-state index in [9.17, 15) is 28.1 Å². The molecule has 18 heteroatoms. The third-order valence-corrected chi connectivity index (χ3v) is 14.2. The standard InChI is InChI=1S/C50H49ClN8O8S/c1-2-47(60)55-38-9-12-42-34(25-38)3-4-36(48(42)33-5-7-37(51)8-6-33)31-57-19-21-58(22-20-57)39-10-13-43(46(27-39)67-40-26-35-15-18-52-49(35)54-30-40)50(61)56-68(64,65)41-11-14-44(45(28-41)59(62)63)53-29-32-16-23-66-24-17-32/h2,5-15,18,25-28,30,32,53H,1,3-4,16-17,19-24,29,31H2,(H,52,54)(H,55,60)(H,56,61). The Kier molecular flexibility index (Phi) is 13.6. The fourth-order valence-electron chi connectivity index (χ4n) is 8.99. The summed E-state index contributed by atoms with van der Waals surface area (Å²) in [6.45, 7) is 8.79. The predicted octanol–water partition coefficient (Wildman–Crippen LogP) is 8.57. The Morgan fingerprint density at radius 1 is 0.971 bits per heavy atom. The summed E-state index contributed by atoms with van der Waals surface area (Å²) < 4.78 is 41.3. The number of ether oxygens (including phenoxy) is 2. The molecule has 0 bridgehead atoms. The highest BCUT2D eigenvalue weighted by atomic mass is 35.5. The van der Waals surface area contributed by atoms with Gasteiger partial charge in [-0.1, -0.05) is 36.4 Å². The van der Waals surface area contributed by atoms with E-state index in [1.807, 2.05) is 42.5 Å². The number of nitrogens with zero attached hydrogens (tertiary/aromatic N) is 4. The highest BCUT2D eigenvalue weighted by Gasteiger charge is 2.29. The van der Waals surface area contributed by atoms with E-state index < -0.39 is 31.4 Å². The average Bonchev–Trinajstić information content (AvgIpc) is 3.82. The largest absolute Gasteiger partial charge is 0.455 e. The zero-order chi connectivity index (χ0) is 47.4. The van der Waals surface area contributed by atoms with Gasteiger partial charge in [-0.25, -0.2) is 18.1 Å². The number of anilines is 3. The van der Waals surface area contributed by atoms with Gasteiger partial charge in [0.05, 0.1) is 21.6 Å². The zero-order valence-corrected chi connectivity index (χ0v) is 38.6. The summed E-state index contributed by atoms with van der Waals surface area (Å²) in [6.07, 6.45) is 7.79. The summed E-state index contributed by atoms with van der Waals surface area (Å²) >= 11 is 6.32. The van der Waals surface area contributed by atoms with E-state index in [1.165, 1.54) is 36.0 Å². The second kappa shape index (κ2) is 20.0. The molecular formula is C50H49ClN8O8S. The number of carbonyl (C=O) groups excluding carboxylic acids is 2. The molecule has 4 N–H and O–H groups in total. The molecule has 0 spiro atoms. The molecule has 0 saturated carbocycles. The van der Waals surface area contributed by atoms with E-state index in [2.05, 4.69) is 47.8 Å². The first-order valence-electron chi connectivity index (χ1n) is 22.3. The molecule has 350 valence electrons. The van der Waals surface area contributed by atoms with Crippen LogP contribution in [0.15, 0.2) is 127 Å². The van der Waals surface area contributed by atoms with Crippen molar-refractivity contribution in [2.45, 2.75) is 30.6 Å². The van der Waals surface area contributed by atoms with Gasteiger partial charge in [0.1, 0.15) is 22.8 Å². The summed E-state index contributed by atoms with van der Waals surface area (Å²) in [4.78, 5) is 49.2. The topological polar surface area (TPSA) is 201 Å². The van der Waals surface area contributed by atoms with Gasteiger partial charge >= 0.3 is 0 Å². The van der Waals surface area contributed by atoms with Gasteiger partial charge in [-0.15, -0.1) is 0 Å². The summed E-state index contributed by atoms with van der Waals surface area (Å²) in [5.74, 6) is -0.561. The van der Waals surface area contributed by atoms with Gasteiger partial charge in [-0.3, -0.25) is 24.6 Å². The number of aryl methyl sites for hydroxylation is 1. The molecule has 2 amide bonds. The van der Waals surface area contributed by atoms with Crippen molar-refractivity contribution < 1.29 is 32.4 Å². The number of halogens is 1. The molecule has 6 aromatic rings. The number of benzene rings is 4. The molecule has 2 fully saturated rings. The van der Waals surface area contributed by atoms with Crippen molar-refractivity contribution in [1.29, 1.82) is 0 Å². The highest BCUT2D eigenvalue weighted by molar-refractivity contribution is 7.90. The SMILES string of the molecule is C=CC(=O)Nc1ccc2c(c1)CCC(CN1CCN(c3ccc(C(=O)NS(=O)(=O)c4ccc(NCC5CCOCC5)c([N+](=O)[O-])c4)c(Oc4cnc5[nH]ccc5c4)c3)CC1)=C2c1ccc(Cl)cc1. The molecule has 16 nitrogen and oxygen atoms in total. The molecule has 0 radical (unpaired) electrons. The first-order chi connectivity index (χ1) is 32.9. The summed E-state index contributed by atoms with van der Waals surface area (Å²) in [5.41, 5.74) is 7.60. The van der Waals surface area contributed by atoms with E-state index in [-0.39, 0.29) is 28.8 Å². The summed E-state index contributed by atoms with van der Waals surface area (Å²) in [5, 5.41) is 19.5. The molecule has 3 aliphatic rings. The normalized spacial score (nSPS) is 15.7. The predicted molar refractivity (Wildman–Crippen MR) is 262 cm³/mol. The van der Waals surface area contributed by atoms with Crippen molar-refractivity contribution in [3.8, 4) is 11.5 Å². The second-order valence-electron chi connectivity index (χ2n) is 17.0. The fraction of sp³-hybridized carbons (Fsp3) is 0.260. The van der Waals surface area contributed by atoms with Gasteiger partial charge in [0, 0.05) is 92.6 Å². The number of sulfonamides is 1. The highest BCUT2D eigenvalue weighted by Crippen LogP contribution is 2.39. The Bertz CT molecular complexity index is 3050. The molecule has 4 aromatic carbocycles. The first-order valence-corrected chi connectivity index (χ1v) is 24.2. The lowest BCUT2D eigenvalue weighted by molar-refractivity contribution is -0.384. The third-order valence-electron chi connectivity index (χ3n) is 12.6. The van der Waals surface area contributed by atoms with Gasteiger partial charge in [0.15, 0.2) is 0 Å². The number of aromatic nitrogens is 2. The quantitative estimate of drug-likeness (QED) is 0.0435. The monoisotopic (exact) mass is 956 g/mol. The molecule has 9 rings (SSSR count). The maximum Gasteiger partial charge on any atom is 0.293 e. The van der Waals surface area contributed by atoms with Crippen LogP contribution in [0.5, 0.6) is 11.5 Å². The number of amides is 2. The number of H-pyrrole nitrogens is 1. The number of nitro groups is 1. The average molecular weight is 958 g/mol. The molecule has 1 aliphatic carbocycles. The number of aromatic amines is 1. The minimum atomic E-state index is -4.59. The lowest BCUT2D eigenvalue weighted by Gasteiger charge is -2.37. The first kappa shape index (κ1) is 46.1. The number of nitrogens with one attached hydrogen (secondary N) is 4. The Balaban J connectivity index is 0.938. The Morgan fingerprint density at radius 2 is 1.76 bits per heavy atom. The Hall–Kier alpha value is -7.05. The minimum absolute atomic E-state index is 0.0659. The molecule has 68 heavy (non-hydrogen) atoms. The molecule has 0 atom stereocenters. The van der Waals surface area contributed by atoms with Crippen LogP contribution < -0.4 is 25.0 Å². The molecule has 2 aromatic heterocycles. The van der Waals surface area contributed by atoms with Crippen LogP contribution in [0.1, 0.15) is 46.3 Å². The van der Waals surface area contributed by atoms with Crippen molar-refractivity contribution >= 4 is 72.8 Å². The lowest BCUT2D eigenvalue weighted by Crippen LogP contribution is -2.47. The second-order valence-corrected chi connectivity index (χ2v) is 19.1. The molecule has 4 heterocycles. The Labute approximate surface area is 398 Å². The van der Waals surface area contributed by atoms with E-state index in [1.54, 1.807) is 24.4 Å².